The Kier molecular flexibility index (Phi) is 7.01. The highest BCUT2D eigenvalue weighted by Crippen LogP contribution is 2.22. The van der Waals surface area contributed by atoms with E-state index >= 15 is 0 Å². The third-order valence-corrected chi connectivity index (χ3v) is 4.41. The molecule has 0 unspecified atom stereocenters. The number of likely N-dealkylation sites (tertiary alicyclic amines) is 1. The minimum absolute atomic E-state index is 0.261. The molecular weight excluding hydrogens is 265 g/mol. The Labute approximate surface area is 128 Å². The molecule has 2 nitrogen and oxygen atoms in total. The molecule has 3 heteroatoms. The molecular formula is C18H28FNO. The van der Waals surface area contributed by atoms with Gasteiger partial charge in [0.15, 0.2) is 11.6 Å². The number of rotatable bonds is 8. The van der Waals surface area contributed by atoms with Crippen LogP contribution in [-0.2, 0) is 0 Å². The van der Waals surface area contributed by atoms with Crippen LogP contribution in [0.4, 0.5) is 4.39 Å². The molecule has 0 radical (unpaired) electrons. The van der Waals surface area contributed by atoms with Gasteiger partial charge < -0.3 is 9.64 Å². The largest absolute Gasteiger partial charge is 0.491 e. The van der Waals surface area contributed by atoms with Gasteiger partial charge in [-0.15, -0.1) is 0 Å². The number of benzene rings is 1. The second kappa shape index (κ2) is 9.04. The van der Waals surface area contributed by atoms with Crippen LogP contribution < -0.4 is 4.74 Å². The lowest BCUT2D eigenvalue weighted by Crippen LogP contribution is -2.34. The van der Waals surface area contributed by atoms with Gasteiger partial charge in [-0.1, -0.05) is 31.9 Å². The number of para-hydroxylation sites is 1. The first kappa shape index (κ1) is 16.3. The fraction of sp³-hybridized carbons (Fsp3) is 0.667. The lowest BCUT2D eigenvalue weighted by Gasteiger charge is -2.31. The minimum atomic E-state index is -0.261. The van der Waals surface area contributed by atoms with Crippen LogP contribution in [-0.4, -0.2) is 31.1 Å². The molecule has 0 amide bonds. The maximum absolute atomic E-state index is 13.4. The van der Waals surface area contributed by atoms with Gasteiger partial charge in [0.1, 0.15) is 0 Å². The predicted octanol–water partition coefficient (Wildman–Crippen LogP) is 4.50. The Hall–Kier alpha value is -1.09. The zero-order valence-corrected chi connectivity index (χ0v) is 13.2. The fourth-order valence-electron chi connectivity index (χ4n) is 2.98. The number of ether oxygens (including phenoxy) is 1. The summed E-state index contributed by atoms with van der Waals surface area (Å²) in [5, 5.41) is 0. The van der Waals surface area contributed by atoms with Crippen molar-refractivity contribution in [3.05, 3.63) is 30.1 Å². The summed E-state index contributed by atoms with van der Waals surface area (Å²) in [5.74, 6) is 0.858. The summed E-state index contributed by atoms with van der Waals surface area (Å²) in [6, 6.07) is 6.65. The summed E-state index contributed by atoms with van der Waals surface area (Å²) in [7, 11) is 0. The van der Waals surface area contributed by atoms with E-state index in [4.69, 9.17) is 4.74 Å². The zero-order chi connectivity index (χ0) is 14.9. The van der Waals surface area contributed by atoms with Crippen molar-refractivity contribution in [2.24, 2.45) is 5.92 Å². The van der Waals surface area contributed by atoms with E-state index in [1.54, 1.807) is 12.1 Å². The molecule has 118 valence electrons. The molecule has 0 aromatic heterocycles. The molecule has 1 aromatic carbocycles. The molecule has 0 spiro atoms. The van der Waals surface area contributed by atoms with E-state index in [0.717, 1.165) is 12.3 Å². The van der Waals surface area contributed by atoms with Crippen molar-refractivity contribution in [3.8, 4) is 5.75 Å². The first-order valence-corrected chi connectivity index (χ1v) is 8.39. The van der Waals surface area contributed by atoms with Gasteiger partial charge in [0.25, 0.3) is 0 Å². The Morgan fingerprint density at radius 3 is 2.67 bits per heavy atom. The first-order valence-electron chi connectivity index (χ1n) is 8.39. The Bertz CT molecular complexity index is 402. The average molecular weight is 293 g/mol. The van der Waals surface area contributed by atoms with Crippen LogP contribution in [0.2, 0.25) is 0 Å². The van der Waals surface area contributed by atoms with E-state index < -0.39 is 0 Å². The molecule has 1 saturated heterocycles. The van der Waals surface area contributed by atoms with Gasteiger partial charge in [0, 0.05) is 0 Å². The second-order valence-corrected chi connectivity index (χ2v) is 6.06. The van der Waals surface area contributed by atoms with Gasteiger partial charge in [-0.25, -0.2) is 4.39 Å². The van der Waals surface area contributed by atoms with Crippen molar-refractivity contribution < 1.29 is 9.13 Å². The van der Waals surface area contributed by atoms with Crippen LogP contribution in [0, 0.1) is 11.7 Å². The van der Waals surface area contributed by atoms with Crippen molar-refractivity contribution in [2.45, 2.75) is 45.4 Å². The standard InChI is InChI=1S/C18H28FNO/c1-2-3-6-12-20-13-9-16(10-14-20)11-15-21-18-8-5-4-7-17(18)19/h4-5,7-8,16H,2-3,6,9-15H2,1H3. The number of hydrogen-bond acceptors (Lipinski definition) is 2. The van der Waals surface area contributed by atoms with Crippen LogP contribution in [0.5, 0.6) is 5.75 Å². The van der Waals surface area contributed by atoms with E-state index in [9.17, 15) is 4.39 Å². The molecule has 1 aromatic rings. The third-order valence-electron chi connectivity index (χ3n) is 4.41. The summed E-state index contributed by atoms with van der Waals surface area (Å²) < 4.78 is 19.0. The molecule has 0 saturated carbocycles. The van der Waals surface area contributed by atoms with Crippen LogP contribution >= 0.6 is 0 Å². The van der Waals surface area contributed by atoms with E-state index in [2.05, 4.69) is 11.8 Å². The number of unbranched alkanes of at least 4 members (excludes halogenated alkanes) is 2. The summed E-state index contributed by atoms with van der Waals surface area (Å²) in [6.07, 6.45) is 7.52. The maximum atomic E-state index is 13.4. The fourth-order valence-corrected chi connectivity index (χ4v) is 2.98. The van der Waals surface area contributed by atoms with Gasteiger partial charge in [0.05, 0.1) is 6.61 Å². The molecule has 21 heavy (non-hydrogen) atoms. The SMILES string of the molecule is CCCCCN1CCC(CCOc2ccccc2F)CC1. The van der Waals surface area contributed by atoms with Gasteiger partial charge >= 0.3 is 0 Å². The normalized spacial score (nSPS) is 17.0. The predicted molar refractivity (Wildman–Crippen MR) is 85.2 cm³/mol. The van der Waals surface area contributed by atoms with Crippen LogP contribution in [0.3, 0.4) is 0 Å². The highest BCUT2D eigenvalue weighted by molar-refractivity contribution is 5.23. The average Bonchev–Trinajstić information content (AvgIpc) is 2.51. The van der Waals surface area contributed by atoms with Crippen molar-refractivity contribution >= 4 is 0 Å². The molecule has 0 aliphatic carbocycles. The highest BCUT2D eigenvalue weighted by Gasteiger charge is 2.18. The molecule has 0 bridgehead atoms. The van der Waals surface area contributed by atoms with Crippen molar-refractivity contribution in [2.75, 3.05) is 26.2 Å². The number of hydrogen-bond donors (Lipinski definition) is 0. The zero-order valence-electron chi connectivity index (χ0n) is 13.2. The maximum Gasteiger partial charge on any atom is 0.165 e. The van der Waals surface area contributed by atoms with E-state index in [1.807, 2.05) is 6.07 Å². The second-order valence-electron chi connectivity index (χ2n) is 6.06. The first-order chi connectivity index (χ1) is 10.3. The highest BCUT2D eigenvalue weighted by atomic mass is 19.1. The van der Waals surface area contributed by atoms with Gasteiger partial charge in [-0.3, -0.25) is 0 Å². The Morgan fingerprint density at radius 1 is 1.19 bits per heavy atom. The minimum Gasteiger partial charge on any atom is -0.491 e. The van der Waals surface area contributed by atoms with E-state index in [0.29, 0.717) is 12.4 Å². The third kappa shape index (κ3) is 5.66. The molecule has 1 aliphatic rings. The number of nitrogens with zero attached hydrogens (tertiary/aromatic N) is 1. The molecule has 1 aliphatic heterocycles. The van der Waals surface area contributed by atoms with Crippen molar-refractivity contribution in [1.82, 2.24) is 4.90 Å². The summed E-state index contributed by atoms with van der Waals surface area (Å²) >= 11 is 0. The Morgan fingerprint density at radius 2 is 1.95 bits per heavy atom. The summed E-state index contributed by atoms with van der Waals surface area (Å²) in [4.78, 5) is 2.59. The van der Waals surface area contributed by atoms with Crippen LogP contribution in [0.1, 0.15) is 45.4 Å². The topological polar surface area (TPSA) is 12.5 Å². The van der Waals surface area contributed by atoms with Gasteiger partial charge in [-0.05, 0) is 63.4 Å². The Balaban J connectivity index is 1.60. The lowest BCUT2D eigenvalue weighted by molar-refractivity contribution is 0.160. The van der Waals surface area contributed by atoms with Gasteiger partial charge in [0.2, 0.25) is 0 Å². The molecule has 0 N–H and O–H groups in total. The van der Waals surface area contributed by atoms with E-state index in [1.165, 1.54) is 57.8 Å². The number of halogens is 1. The van der Waals surface area contributed by atoms with Crippen LogP contribution in [0.25, 0.3) is 0 Å². The molecule has 1 fully saturated rings. The molecule has 0 atom stereocenters. The number of piperidine rings is 1. The molecule has 1 heterocycles. The molecule has 2 rings (SSSR count). The van der Waals surface area contributed by atoms with Gasteiger partial charge in [-0.2, -0.15) is 0 Å². The lowest BCUT2D eigenvalue weighted by atomic mass is 9.94. The van der Waals surface area contributed by atoms with Crippen LogP contribution in [0.15, 0.2) is 24.3 Å². The smallest absolute Gasteiger partial charge is 0.165 e. The summed E-state index contributed by atoms with van der Waals surface area (Å²) in [5.41, 5.74) is 0. The van der Waals surface area contributed by atoms with Crippen molar-refractivity contribution in [3.63, 3.8) is 0 Å². The summed E-state index contributed by atoms with van der Waals surface area (Å²) in [6.45, 7) is 6.57. The van der Waals surface area contributed by atoms with Crippen molar-refractivity contribution in [1.29, 1.82) is 0 Å². The van der Waals surface area contributed by atoms with E-state index in [-0.39, 0.29) is 5.82 Å². The monoisotopic (exact) mass is 293 g/mol. The quantitative estimate of drug-likeness (QED) is 0.654.